The maximum absolute atomic E-state index is 12.2. The molecule has 1 aliphatic carbocycles. The largest absolute Gasteiger partial charge is 0.352 e. The van der Waals surface area contributed by atoms with Crippen molar-refractivity contribution in [2.75, 3.05) is 0 Å². The summed E-state index contributed by atoms with van der Waals surface area (Å²) in [4.78, 5) is 12.2. The summed E-state index contributed by atoms with van der Waals surface area (Å²) in [6.45, 7) is 6.95. The third-order valence-corrected chi connectivity index (χ3v) is 4.37. The Hall–Kier alpha value is -1.35. The van der Waals surface area contributed by atoms with Crippen LogP contribution in [0.2, 0.25) is 0 Å². The second kappa shape index (κ2) is 6.40. The van der Waals surface area contributed by atoms with Gasteiger partial charge in [0.2, 0.25) is 5.91 Å². The van der Waals surface area contributed by atoms with Gasteiger partial charge in [-0.25, -0.2) is 0 Å². The lowest BCUT2D eigenvalue weighted by Gasteiger charge is -2.26. The number of aryl methyl sites for hydroxylation is 3. The highest BCUT2D eigenvalue weighted by Crippen LogP contribution is 2.23. The van der Waals surface area contributed by atoms with E-state index >= 15 is 0 Å². The van der Waals surface area contributed by atoms with Crippen LogP contribution < -0.4 is 11.1 Å². The van der Waals surface area contributed by atoms with E-state index in [4.69, 9.17) is 5.73 Å². The molecule has 1 fully saturated rings. The number of nitrogens with one attached hydrogen (secondary N) is 1. The number of carbonyl (C=O) groups is 1. The van der Waals surface area contributed by atoms with Gasteiger partial charge in [0, 0.05) is 18.5 Å². The van der Waals surface area contributed by atoms with E-state index in [1.54, 1.807) is 0 Å². The molecule has 1 aromatic carbocycles. The molecule has 1 saturated carbocycles. The van der Waals surface area contributed by atoms with E-state index in [1.165, 1.54) is 22.3 Å². The number of carbonyl (C=O) groups excluding carboxylic acids is 1. The highest BCUT2D eigenvalue weighted by molar-refractivity contribution is 5.78. The Labute approximate surface area is 121 Å². The summed E-state index contributed by atoms with van der Waals surface area (Å²) in [7, 11) is 0. The Kier molecular flexibility index (Phi) is 4.81. The fourth-order valence-corrected chi connectivity index (χ4v) is 3.27. The van der Waals surface area contributed by atoms with Gasteiger partial charge in [-0.3, -0.25) is 4.79 Å². The third-order valence-electron chi connectivity index (χ3n) is 4.37. The zero-order chi connectivity index (χ0) is 14.7. The number of amides is 1. The first-order valence-electron chi connectivity index (χ1n) is 7.57. The van der Waals surface area contributed by atoms with Crippen LogP contribution in [0.4, 0.5) is 0 Å². The first-order valence-corrected chi connectivity index (χ1v) is 7.57. The van der Waals surface area contributed by atoms with Gasteiger partial charge in [0.05, 0.1) is 0 Å². The van der Waals surface area contributed by atoms with Crippen molar-refractivity contribution < 1.29 is 4.79 Å². The third kappa shape index (κ3) is 3.60. The lowest BCUT2D eigenvalue weighted by atomic mass is 9.85. The number of benzene rings is 1. The van der Waals surface area contributed by atoms with Crippen LogP contribution in [0.1, 0.15) is 47.9 Å². The molecule has 2 atom stereocenters. The maximum atomic E-state index is 12.2. The molecular formula is C17H26N2O. The van der Waals surface area contributed by atoms with E-state index in [0.29, 0.717) is 6.54 Å². The van der Waals surface area contributed by atoms with Gasteiger partial charge in [-0.05, 0) is 56.7 Å². The molecule has 1 aliphatic rings. The number of hydrogen-bond donors (Lipinski definition) is 2. The van der Waals surface area contributed by atoms with Crippen LogP contribution >= 0.6 is 0 Å². The van der Waals surface area contributed by atoms with Gasteiger partial charge in [-0.15, -0.1) is 0 Å². The first-order chi connectivity index (χ1) is 9.47. The molecule has 3 N–H and O–H groups in total. The molecular weight excluding hydrogens is 248 g/mol. The molecule has 20 heavy (non-hydrogen) atoms. The molecule has 3 nitrogen and oxygen atoms in total. The summed E-state index contributed by atoms with van der Waals surface area (Å²) < 4.78 is 0. The van der Waals surface area contributed by atoms with Crippen LogP contribution in [0.25, 0.3) is 0 Å². The van der Waals surface area contributed by atoms with Crippen molar-refractivity contribution in [2.45, 2.75) is 59.0 Å². The second-order valence-corrected chi connectivity index (χ2v) is 6.22. The van der Waals surface area contributed by atoms with Gasteiger partial charge >= 0.3 is 0 Å². The summed E-state index contributed by atoms with van der Waals surface area (Å²) in [5, 5.41) is 3.10. The lowest BCUT2D eigenvalue weighted by molar-refractivity contribution is -0.126. The van der Waals surface area contributed by atoms with Gasteiger partial charge in [-0.2, -0.15) is 0 Å². The smallest absolute Gasteiger partial charge is 0.223 e. The van der Waals surface area contributed by atoms with Crippen LogP contribution in [0.5, 0.6) is 0 Å². The van der Waals surface area contributed by atoms with E-state index in [9.17, 15) is 4.79 Å². The Bertz CT molecular complexity index is 473. The predicted octanol–water partition coefficient (Wildman–Crippen LogP) is 2.75. The van der Waals surface area contributed by atoms with Crippen molar-refractivity contribution in [1.82, 2.24) is 5.32 Å². The van der Waals surface area contributed by atoms with Crippen LogP contribution in [-0.4, -0.2) is 11.9 Å². The Balaban J connectivity index is 1.96. The lowest BCUT2D eigenvalue weighted by Crippen LogP contribution is -2.37. The second-order valence-electron chi connectivity index (χ2n) is 6.22. The van der Waals surface area contributed by atoms with Crippen molar-refractivity contribution in [3.63, 3.8) is 0 Å². The summed E-state index contributed by atoms with van der Waals surface area (Å²) >= 11 is 0. The quantitative estimate of drug-likeness (QED) is 0.890. The average Bonchev–Trinajstić information content (AvgIpc) is 2.37. The number of hydrogen-bond acceptors (Lipinski definition) is 2. The Morgan fingerprint density at radius 1 is 1.25 bits per heavy atom. The zero-order valence-corrected chi connectivity index (χ0v) is 12.8. The monoisotopic (exact) mass is 274 g/mol. The zero-order valence-electron chi connectivity index (χ0n) is 12.8. The molecule has 1 aromatic rings. The van der Waals surface area contributed by atoms with Gasteiger partial charge < -0.3 is 11.1 Å². The van der Waals surface area contributed by atoms with E-state index in [0.717, 1.165) is 25.7 Å². The van der Waals surface area contributed by atoms with Gasteiger partial charge in [0.25, 0.3) is 0 Å². The minimum absolute atomic E-state index is 0.102. The summed E-state index contributed by atoms with van der Waals surface area (Å²) in [5.74, 6) is 0.268. The van der Waals surface area contributed by atoms with E-state index < -0.39 is 0 Å². The van der Waals surface area contributed by atoms with Crippen LogP contribution in [0.15, 0.2) is 12.1 Å². The standard InChI is InChI=1S/C17H26N2O/c1-11-7-12(2)16(13(3)8-11)10-19-17(20)14-5-4-6-15(18)9-14/h7-8,14-15H,4-6,9-10,18H2,1-3H3,(H,19,20). The molecule has 0 bridgehead atoms. The Morgan fingerprint density at radius 3 is 2.50 bits per heavy atom. The van der Waals surface area contributed by atoms with Crippen LogP contribution in [0.3, 0.4) is 0 Å². The highest BCUT2D eigenvalue weighted by Gasteiger charge is 2.25. The van der Waals surface area contributed by atoms with Crippen molar-refractivity contribution in [1.29, 1.82) is 0 Å². The van der Waals surface area contributed by atoms with Crippen molar-refractivity contribution in [3.05, 3.63) is 34.4 Å². The van der Waals surface area contributed by atoms with E-state index in [-0.39, 0.29) is 17.9 Å². The minimum atomic E-state index is 0.102. The van der Waals surface area contributed by atoms with E-state index in [2.05, 4.69) is 38.2 Å². The molecule has 110 valence electrons. The summed E-state index contributed by atoms with van der Waals surface area (Å²) in [5.41, 5.74) is 11.0. The maximum Gasteiger partial charge on any atom is 0.223 e. The van der Waals surface area contributed by atoms with Crippen LogP contribution in [0, 0.1) is 26.7 Å². The van der Waals surface area contributed by atoms with Crippen molar-refractivity contribution >= 4 is 5.91 Å². The van der Waals surface area contributed by atoms with Crippen molar-refractivity contribution in [2.24, 2.45) is 11.7 Å². The molecule has 1 amide bonds. The highest BCUT2D eigenvalue weighted by atomic mass is 16.1. The molecule has 0 heterocycles. The molecule has 2 rings (SSSR count). The van der Waals surface area contributed by atoms with Gasteiger partial charge in [0.1, 0.15) is 0 Å². The molecule has 0 aliphatic heterocycles. The normalized spacial score (nSPS) is 22.6. The number of nitrogens with two attached hydrogens (primary N) is 1. The van der Waals surface area contributed by atoms with Crippen LogP contribution in [-0.2, 0) is 11.3 Å². The molecule has 0 saturated heterocycles. The molecule has 0 radical (unpaired) electrons. The van der Waals surface area contributed by atoms with E-state index in [1.807, 2.05) is 0 Å². The summed E-state index contributed by atoms with van der Waals surface area (Å²) in [6, 6.07) is 4.54. The Morgan fingerprint density at radius 2 is 1.90 bits per heavy atom. The first kappa shape index (κ1) is 15.0. The molecule has 0 aromatic heterocycles. The predicted molar refractivity (Wildman–Crippen MR) is 82.4 cm³/mol. The molecule has 3 heteroatoms. The molecule has 2 unspecified atom stereocenters. The fraction of sp³-hybridized carbons (Fsp3) is 0.588. The van der Waals surface area contributed by atoms with Crippen molar-refractivity contribution in [3.8, 4) is 0 Å². The number of rotatable bonds is 3. The summed E-state index contributed by atoms with van der Waals surface area (Å²) in [6.07, 6.45) is 3.94. The van der Waals surface area contributed by atoms with Gasteiger partial charge in [-0.1, -0.05) is 24.1 Å². The fourth-order valence-electron chi connectivity index (χ4n) is 3.27. The average molecular weight is 274 g/mol. The SMILES string of the molecule is Cc1cc(C)c(CNC(=O)C2CCCC(N)C2)c(C)c1. The topological polar surface area (TPSA) is 55.1 Å². The van der Waals surface area contributed by atoms with Gasteiger partial charge in [0.15, 0.2) is 0 Å². The minimum Gasteiger partial charge on any atom is -0.352 e. The molecule has 0 spiro atoms.